The Morgan fingerprint density at radius 3 is 2.64 bits per heavy atom. The van der Waals surface area contributed by atoms with Crippen molar-refractivity contribution >= 4 is 28.6 Å². The van der Waals surface area contributed by atoms with Crippen LogP contribution in [-0.4, -0.2) is 11.0 Å². The molecule has 0 saturated carbocycles. The number of hydrogen-bond acceptors (Lipinski definition) is 3. The van der Waals surface area contributed by atoms with Crippen molar-refractivity contribution in [3.8, 4) is 0 Å². The Morgan fingerprint density at radius 2 is 2.27 bits per heavy atom. The van der Waals surface area contributed by atoms with E-state index in [1.807, 2.05) is 22.6 Å². The van der Waals surface area contributed by atoms with Crippen molar-refractivity contribution in [3.63, 3.8) is 0 Å². The molecule has 0 atom stereocenters. The van der Waals surface area contributed by atoms with Crippen LogP contribution in [0, 0.1) is 3.57 Å². The average Bonchev–Trinajstić information content (AvgIpc) is 1.88. The number of rotatable bonds is 1. The van der Waals surface area contributed by atoms with Crippen LogP contribution < -0.4 is 56.5 Å². The van der Waals surface area contributed by atoms with Gasteiger partial charge in [0.1, 0.15) is 0 Å². The van der Waals surface area contributed by atoms with Gasteiger partial charge in [-0.15, -0.1) is 0 Å². The smallest absolute Gasteiger partial charge is 0.545 e. The van der Waals surface area contributed by atoms with E-state index in [4.69, 9.17) is 0 Å². The summed E-state index contributed by atoms with van der Waals surface area (Å²) in [6, 6.07) is 1.62. The summed E-state index contributed by atoms with van der Waals surface area (Å²) in [7, 11) is 0. The van der Waals surface area contributed by atoms with E-state index in [0.29, 0.717) is 3.57 Å². The van der Waals surface area contributed by atoms with Crippen LogP contribution in [0.5, 0.6) is 0 Å². The van der Waals surface area contributed by atoms with Gasteiger partial charge in [-0.3, -0.25) is 4.98 Å². The molecule has 1 aromatic rings. The van der Waals surface area contributed by atoms with Gasteiger partial charge < -0.3 is 9.90 Å². The molecule has 3 nitrogen and oxygen atoms in total. The Kier molecular flexibility index (Phi) is 6.10. The van der Waals surface area contributed by atoms with E-state index in [9.17, 15) is 9.90 Å². The summed E-state index contributed by atoms with van der Waals surface area (Å²) in [6.07, 6.45) is 2.81. The topological polar surface area (TPSA) is 53.0 Å². The van der Waals surface area contributed by atoms with Crippen molar-refractivity contribution in [1.82, 2.24) is 4.98 Å². The fourth-order valence-corrected chi connectivity index (χ4v) is 1.05. The maximum atomic E-state index is 10.3. The summed E-state index contributed by atoms with van der Waals surface area (Å²) < 4.78 is 0.646. The van der Waals surface area contributed by atoms with Gasteiger partial charge in [0.05, 0.1) is 5.97 Å². The predicted octanol–water partition coefficient (Wildman–Crippen LogP) is -2.95. The molecular formula is C6H3IKNO2. The minimum atomic E-state index is -1.18. The third-order valence-corrected chi connectivity index (χ3v) is 1.93. The number of carbonyl (C=O) groups excluding carboxylic acids is 1. The predicted molar refractivity (Wildman–Crippen MR) is 41.3 cm³/mol. The molecule has 5 heteroatoms. The second kappa shape index (κ2) is 5.60. The molecule has 0 N–H and O–H groups in total. The molecule has 0 amide bonds. The summed E-state index contributed by atoms with van der Waals surface area (Å²) >= 11 is 1.91. The minimum Gasteiger partial charge on any atom is -0.545 e. The zero-order valence-corrected chi connectivity index (χ0v) is 11.2. The third-order valence-electron chi connectivity index (χ3n) is 0.988. The Bertz CT molecular complexity index is 267. The number of carboxylic acids is 1. The molecule has 1 heterocycles. The number of halogens is 1. The molecule has 0 aliphatic carbocycles. The summed E-state index contributed by atoms with van der Waals surface area (Å²) in [4.78, 5) is 13.9. The molecule has 1 aromatic heterocycles. The molecule has 0 saturated heterocycles. The minimum absolute atomic E-state index is 0. The van der Waals surface area contributed by atoms with Gasteiger partial charge in [-0.25, -0.2) is 0 Å². The number of carboxylic acid groups (broad SMARTS) is 1. The Morgan fingerprint density at radius 1 is 1.64 bits per heavy atom. The summed E-state index contributed by atoms with van der Waals surface area (Å²) in [5.41, 5.74) is 0.142. The van der Waals surface area contributed by atoms with Crippen LogP contribution in [0.3, 0.4) is 0 Å². The first-order chi connectivity index (χ1) is 4.72. The second-order valence-corrected chi connectivity index (χ2v) is 2.81. The zero-order valence-electron chi connectivity index (χ0n) is 5.87. The number of hydrogen-bond donors (Lipinski definition) is 0. The van der Waals surface area contributed by atoms with Crippen molar-refractivity contribution in [1.29, 1.82) is 0 Å². The third kappa shape index (κ3) is 3.47. The molecule has 52 valence electrons. The van der Waals surface area contributed by atoms with E-state index in [2.05, 4.69) is 4.98 Å². The summed E-state index contributed by atoms with van der Waals surface area (Å²) in [6.45, 7) is 0. The molecule has 0 fully saturated rings. The van der Waals surface area contributed by atoms with Gasteiger partial charge in [-0.2, -0.15) is 0 Å². The second-order valence-electron chi connectivity index (χ2n) is 1.64. The molecule has 0 aliphatic heterocycles. The monoisotopic (exact) mass is 287 g/mol. The van der Waals surface area contributed by atoms with Gasteiger partial charge in [0, 0.05) is 21.5 Å². The van der Waals surface area contributed by atoms with Crippen LogP contribution in [0.4, 0.5) is 0 Å². The normalized spacial score (nSPS) is 8.45. The average molecular weight is 287 g/mol. The molecule has 0 bridgehead atoms. The van der Waals surface area contributed by atoms with E-state index in [1.165, 1.54) is 12.4 Å². The van der Waals surface area contributed by atoms with Crippen LogP contribution in [0.15, 0.2) is 18.5 Å². The van der Waals surface area contributed by atoms with E-state index in [-0.39, 0.29) is 56.9 Å². The van der Waals surface area contributed by atoms with Crippen molar-refractivity contribution in [2.75, 3.05) is 0 Å². The standard InChI is InChI=1S/C6H4INO2.K/c7-5-1-2-8-3-4(5)6(9)10;/h1-3H,(H,9,10);/q;+1/p-1. The molecule has 0 radical (unpaired) electrons. The maximum absolute atomic E-state index is 10.3. The van der Waals surface area contributed by atoms with Gasteiger partial charge in [-0.1, -0.05) is 0 Å². The zero-order chi connectivity index (χ0) is 7.56. The SMILES string of the molecule is O=C([O-])c1cnccc1I.[K+]. The molecule has 0 aliphatic rings. The van der Waals surface area contributed by atoms with E-state index < -0.39 is 5.97 Å². The molecule has 1 rings (SSSR count). The maximum Gasteiger partial charge on any atom is 1.00 e. The fourth-order valence-electron chi connectivity index (χ4n) is 0.528. The molecule has 0 spiro atoms. The first kappa shape index (κ1) is 12.0. The van der Waals surface area contributed by atoms with Crippen LogP contribution >= 0.6 is 22.6 Å². The number of carbonyl (C=O) groups is 1. The quantitative estimate of drug-likeness (QED) is 0.410. The molecule has 0 unspecified atom stereocenters. The van der Waals surface area contributed by atoms with Crippen molar-refractivity contribution in [3.05, 3.63) is 27.6 Å². The fraction of sp³-hybridized carbons (Fsp3) is 0. The first-order valence-corrected chi connectivity index (χ1v) is 3.60. The molecule has 0 aromatic carbocycles. The van der Waals surface area contributed by atoms with Gasteiger partial charge in [-0.05, 0) is 28.7 Å². The largest absolute Gasteiger partial charge is 1.00 e. The number of nitrogens with zero attached hydrogens (tertiary/aromatic N) is 1. The Balaban J connectivity index is 0.000001000. The molecule has 11 heavy (non-hydrogen) atoms. The number of aromatic nitrogens is 1. The van der Waals surface area contributed by atoms with Gasteiger partial charge in [0.2, 0.25) is 0 Å². The van der Waals surface area contributed by atoms with Crippen LogP contribution in [0.1, 0.15) is 10.4 Å². The van der Waals surface area contributed by atoms with Gasteiger partial charge >= 0.3 is 51.4 Å². The first-order valence-electron chi connectivity index (χ1n) is 2.52. The summed E-state index contributed by atoms with van der Waals surface area (Å²) in [5, 5.41) is 10.3. The van der Waals surface area contributed by atoms with Crippen molar-refractivity contribution < 1.29 is 61.3 Å². The van der Waals surface area contributed by atoms with Crippen molar-refractivity contribution in [2.24, 2.45) is 0 Å². The van der Waals surface area contributed by atoms with Crippen molar-refractivity contribution in [2.45, 2.75) is 0 Å². The molecular weight excluding hydrogens is 284 g/mol. The van der Waals surface area contributed by atoms with Gasteiger partial charge in [0.25, 0.3) is 0 Å². The number of pyridine rings is 1. The van der Waals surface area contributed by atoms with E-state index in [0.717, 1.165) is 0 Å². The Labute approximate surface area is 120 Å². The Hall–Kier alpha value is 0.986. The van der Waals surface area contributed by atoms with Crippen LogP contribution in [0.2, 0.25) is 0 Å². The number of aromatic carboxylic acids is 1. The van der Waals surface area contributed by atoms with Gasteiger partial charge in [0.15, 0.2) is 0 Å². The summed E-state index contributed by atoms with van der Waals surface area (Å²) in [5.74, 6) is -1.18. The van der Waals surface area contributed by atoms with Crippen LogP contribution in [0.25, 0.3) is 0 Å². The van der Waals surface area contributed by atoms with E-state index >= 15 is 0 Å². The van der Waals surface area contributed by atoms with Crippen LogP contribution in [-0.2, 0) is 0 Å². The van der Waals surface area contributed by atoms with E-state index in [1.54, 1.807) is 6.07 Å².